The summed E-state index contributed by atoms with van der Waals surface area (Å²) in [6.07, 6.45) is 3.32. The van der Waals surface area contributed by atoms with Gasteiger partial charge in [0.1, 0.15) is 5.75 Å². The molecule has 0 saturated carbocycles. The summed E-state index contributed by atoms with van der Waals surface area (Å²) in [5.41, 5.74) is 5.54. The molecular formula is C15H20N2O4. The molecule has 6 nitrogen and oxygen atoms in total. The van der Waals surface area contributed by atoms with Crippen molar-refractivity contribution in [1.29, 1.82) is 0 Å². The third-order valence-corrected chi connectivity index (χ3v) is 3.31. The highest BCUT2D eigenvalue weighted by Crippen LogP contribution is 2.12. The van der Waals surface area contributed by atoms with Gasteiger partial charge in [-0.05, 0) is 43.5 Å². The molecule has 0 bridgehead atoms. The third kappa shape index (κ3) is 5.07. The topological polar surface area (TPSA) is 90.7 Å². The minimum absolute atomic E-state index is 0.0668. The number of hydrogen-bond donors (Lipinski definition) is 2. The molecule has 1 aliphatic rings. The molecule has 0 aromatic heterocycles. The van der Waals surface area contributed by atoms with E-state index in [9.17, 15) is 9.59 Å². The molecule has 0 radical (unpaired) electrons. The maximum absolute atomic E-state index is 11.7. The van der Waals surface area contributed by atoms with Gasteiger partial charge in [0.2, 0.25) is 5.91 Å². The molecule has 2 amide bonds. The number of nitrogens with two attached hydrogens (primary N) is 1. The molecular weight excluding hydrogens is 272 g/mol. The zero-order chi connectivity index (χ0) is 15.1. The Labute approximate surface area is 123 Å². The summed E-state index contributed by atoms with van der Waals surface area (Å²) in [7, 11) is 0. The highest BCUT2D eigenvalue weighted by molar-refractivity contribution is 5.92. The monoisotopic (exact) mass is 292 g/mol. The van der Waals surface area contributed by atoms with Gasteiger partial charge in [-0.1, -0.05) is 0 Å². The fourth-order valence-corrected chi connectivity index (χ4v) is 2.11. The zero-order valence-corrected chi connectivity index (χ0v) is 11.8. The molecule has 1 saturated heterocycles. The molecule has 0 aliphatic carbocycles. The van der Waals surface area contributed by atoms with Crippen LogP contribution in [-0.4, -0.2) is 37.7 Å². The van der Waals surface area contributed by atoms with Crippen LogP contribution in [0.3, 0.4) is 0 Å². The summed E-state index contributed by atoms with van der Waals surface area (Å²) in [4.78, 5) is 22.6. The summed E-state index contributed by atoms with van der Waals surface area (Å²) in [5.74, 6) is -0.168. The van der Waals surface area contributed by atoms with Crippen molar-refractivity contribution in [3.8, 4) is 5.75 Å². The third-order valence-electron chi connectivity index (χ3n) is 3.31. The molecule has 2 rings (SSSR count). The van der Waals surface area contributed by atoms with Gasteiger partial charge < -0.3 is 20.5 Å². The van der Waals surface area contributed by atoms with E-state index in [1.54, 1.807) is 24.3 Å². The first-order valence-electron chi connectivity index (χ1n) is 7.06. The number of benzene rings is 1. The van der Waals surface area contributed by atoms with E-state index in [0.717, 1.165) is 25.9 Å². The second-order valence-corrected chi connectivity index (χ2v) is 4.97. The van der Waals surface area contributed by atoms with Gasteiger partial charge in [-0.15, -0.1) is 0 Å². The van der Waals surface area contributed by atoms with Crippen molar-refractivity contribution in [1.82, 2.24) is 5.32 Å². The smallest absolute Gasteiger partial charge is 0.258 e. The first-order chi connectivity index (χ1) is 10.1. The van der Waals surface area contributed by atoms with Crippen LogP contribution in [0.25, 0.3) is 0 Å². The van der Waals surface area contributed by atoms with Crippen LogP contribution in [0.5, 0.6) is 5.75 Å². The van der Waals surface area contributed by atoms with E-state index in [-0.39, 0.29) is 18.6 Å². The molecule has 3 N–H and O–H groups in total. The highest BCUT2D eigenvalue weighted by atomic mass is 16.5. The molecule has 21 heavy (non-hydrogen) atoms. The zero-order valence-electron chi connectivity index (χ0n) is 11.8. The van der Waals surface area contributed by atoms with Gasteiger partial charge in [-0.2, -0.15) is 0 Å². The molecule has 1 aliphatic heterocycles. The van der Waals surface area contributed by atoms with Crippen LogP contribution in [0.1, 0.15) is 29.6 Å². The van der Waals surface area contributed by atoms with E-state index in [2.05, 4.69) is 5.32 Å². The Kier molecular flexibility index (Phi) is 5.57. The Morgan fingerprint density at radius 2 is 2.05 bits per heavy atom. The minimum Gasteiger partial charge on any atom is -0.484 e. The van der Waals surface area contributed by atoms with Crippen LogP contribution in [-0.2, 0) is 9.53 Å². The van der Waals surface area contributed by atoms with Gasteiger partial charge in [0.05, 0.1) is 6.10 Å². The summed E-state index contributed by atoms with van der Waals surface area (Å²) < 4.78 is 10.9. The summed E-state index contributed by atoms with van der Waals surface area (Å²) in [5, 5.41) is 2.79. The predicted molar refractivity (Wildman–Crippen MR) is 77.1 cm³/mol. The molecule has 0 unspecified atom stereocenters. The number of nitrogens with one attached hydrogen (secondary N) is 1. The molecule has 1 fully saturated rings. The second kappa shape index (κ2) is 7.64. The Morgan fingerprint density at radius 3 is 2.67 bits per heavy atom. The van der Waals surface area contributed by atoms with Gasteiger partial charge in [-0.3, -0.25) is 9.59 Å². The van der Waals surface area contributed by atoms with Crippen molar-refractivity contribution in [3.05, 3.63) is 29.8 Å². The summed E-state index contributed by atoms with van der Waals surface area (Å²) in [6.45, 7) is 1.22. The average Bonchev–Trinajstić information content (AvgIpc) is 2.52. The molecule has 1 atom stereocenters. The van der Waals surface area contributed by atoms with Gasteiger partial charge in [0, 0.05) is 18.7 Å². The van der Waals surface area contributed by atoms with Crippen LogP contribution in [0, 0.1) is 0 Å². The van der Waals surface area contributed by atoms with Gasteiger partial charge in [0.25, 0.3) is 5.91 Å². The van der Waals surface area contributed by atoms with Gasteiger partial charge in [0.15, 0.2) is 6.61 Å². The minimum atomic E-state index is -0.494. The fourth-order valence-electron chi connectivity index (χ4n) is 2.11. The molecule has 0 spiro atoms. The lowest BCUT2D eigenvalue weighted by atomic mass is 10.1. The van der Waals surface area contributed by atoms with Crippen molar-refractivity contribution in [2.45, 2.75) is 25.4 Å². The number of primary amides is 1. The van der Waals surface area contributed by atoms with E-state index in [4.69, 9.17) is 15.2 Å². The van der Waals surface area contributed by atoms with E-state index < -0.39 is 5.91 Å². The molecule has 1 heterocycles. The Morgan fingerprint density at radius 1 is 1.29 bits per heavy atom. The van der Waals surface area contributed by atoms with E-state index >= 15 is 0 Å². The maximum atomic E-state index is 11.7. The average molecular weight is 292 g/mol. The van der Waals surface area contributed by atoms with Crippen LogP contribution >= 0.6 is 0 Å². The van der Waals surface area contributed by atoms with Crippen molar-refractivity contribution in [2.24, 2.45) is 5.73 Å². The maximum Gasteiger partial charge on any atom is 0.258 e. The number of amides is 2. The number of carbonyl (C=O) groups is 2. The van der Waals surface area contributed by atoms with E-state index in [1.165, 1.54) is 0 Å². The quantitative estimate of drug-likeness (QED) is 0.813. The number of hydrogen-bond acceptors (Lipinski definition) is 4. The molecule has 114 valence electrons. The highest BCUT2D eigenvalue weighted by Gasteiger charge is 2.14. The van der Waals surface area contributed by atoms with E-state index in [1.807, 2.05) is 0 Å². The summed E-state index contributed by atoms with van der Waals surface area (Å²) >= 11 is 0. The van der Waals surface area contributed by atoms with Crippen LogP contribution < -0.4 is 15.8 Å². The standard InChI is InChI=1S/C15H20N2O4/c16-15(19)11-4-6-12(7-5-11)21-10-14(18)17-9-13-3-1-2-8-20-13/h4-7,13H,1-3,8-10H2,(H2,16,19)(H,17,18)/t13-/m1/s1. The van der Waals surface area contributed by atoms with Crippen molar-refractivity contribution >= 4 is 11.8 Å². The predicted octanol–water partition coefficient (Wildman–Crippen LogP) is 0.850. The van der Waals surface area contributed by atoms with Crippen LogP contribution in [0.2, 0.25) is 0 Å². The summed E-state index contributed by atoms with van der Waals surface area (Å²) in [6, 6.07) is 6.34. The number of rotatable bonds is 6. The fraction of sp³-hybridized carbons (Fsp3) is 0.467. The second-order valence-electron chi connectivity index (χ2n) is 4.97. The number of ether oxygens (including phenoxy) is 2. The first-order valence-corrected chi connectivity index (χ1v) is 7.06. The van der Waals surface area contributed by atoms with Crippen molar-refractivity contribution in [2.75, 3.05) is 19.8 Å². The number of carbonyl (C=O) groups excluding carboxylic acids is 2. The Hall–Kier alpha value is -2.08. The Bertz CT molecular complexity index is 481. The lowest BCUT2D eigenvalue weighted by Crippen LogP contribution is -2.37. The lowest BCUT2D eigenvalue weighted by Gasteiger charge is -2.22. The van der Waals surface area contributed by atoms with Gasteiger partial charge in [-0.25, -0.2) is 0 Å². The molecule has 1 aromatic rings. The van der Waals surface area contributed by atoms with Crippen LogP contribution in [0.4, 0.5) is 0 Å². The SMILES string of the molecule is NC(=O)c1ccc(OCC(=O)NC[C@H]2CCCCO2)cc1. The van der Waals surface area contributed by atoms with Crippen molar-refractivity contribution < 1.29 is 19.1 Å². The molecule has 1 aromatic carbocycles. The van der Waals surface area contributed by atoms with Crippen molar-refractivity contribution in [3.63, 3.8) is 0 Å². The van der Waals surface area contributed by atoms with E-state index in [0.29, 0.717) is 17.9 Å². The largest absolute Gasteiger partial charge is 0.484 e. The lowest BCUT2D eigenvalue weighted by molar-refractivity contribution is -0.124. The Balaban J connectivity index is 1.69. The molecule has 6 heteroatoms. The normalized spacial score (nSPS) is 18.0. The van der Waals surface area contributed by atoms with Gasteiger partial charge >= 0.3 is 0 Å². The first kappa shape index (κ1) is 15.3. The van der Waals surface area contributed by atoms with Crippen LogP contribution in [0.15, 0.2) is 24.3 Å².